The lowest BCUT2D eigenvalue weighted by atomic mass is 10.1. The molecule has 0 radical (unpaired) electrons. The molecule has 0 saturated heterocycles. The molecule has 1 heterocycles. The minimum atomic E-state index is -0.490. The van der Waals surface area contributed by atoms with Crippen molar-refractivity contribution in [2.24, 2.45) is 0 Å². The van der Waals surface area contributed by atoms with Gasteiger partial charge in [0.05, 0.1) is 0 Å². The van der Waals surface area contributed by atoms with Crippen molar-refractivity contribution in [3.63, 3.8) is 0 Å². The Morgan fingerprint density at radius 1 is 0.744 bits per heavy atom. The highest BCUT2D eigenvalue weighted by atomic mass is 32.2. The van der Waals surface area contributed by atoms with Gasteiger partial charge in [-0.05, 0) is 84.1 Å². The summed E-state index contributed by atoms with van der Waals surface area (Å²) in [5.74, 6) is -0.948. The fraction of sp³-hybridized carbons (Fsp3) is 0.0571. The normalized spacial score (nSPS) is 11.8. The fourth-order valence-corrected chi connectivity index (χ4v) is 5.92. The summed E-state index contributed by atoms with van der Waals surface area (Å²) >= 11 is 2.89. The number of carbonyl (C=O) groups excluding carboxylic acids is 3. The van der Waals surface area contributed by atoms with E-state index in [1.165, 1.54) is 23.1 Å². The highest BCUT2D eigenvalue weighted by molar-refractivity contribution is 8.00. The Labute approximate surface area is 258 Å². The Morgan fingerprint density at radius 2 is 1.47 bits per heavy atom. The minimum absolute atomic E-state index is 0.128. The largest absolute Gasteiger partial charge is 0.325 e. The molecule has 1 unspecified atom stereocenters. The molecule has 0 spiro atoms. The molecule has 0 saturated carbocycles. The second kappa shape index (κ2) is 14.3. The number of rotatable bonds is 10. The second-order valence-corrected chi connectivity index (χ2v) is 11.8. The number of carbonyl (C=O) groups is 3. The van der Waals surface area contributed by atoms with Gasteiger partial charge in [0.15, 0.2) is 0 Å². The molecule has 8 heteroatoms. The van der Waals surface area contributed by atoms with E-state index in [1.54, 1.807) is 42.5 Å². The van der Waals surface area contributed by atoms with E-state index in [1.807, 2.05) is 97.2 Å². The van der Waals surface area contributed by atoms with Crippen LogP contribution in [0.1, 0.15) is 31.6 Å². The van der Waals surface area contributed by atoms with Crippen molar-refractivity contribution >= 4 is 58.3 Å². The van der Waals surface area contributed by atoms with Crippen molar-refractivity contribution in [1.82, 2.24) is 5.32 Å². The predicted molar refractivity (Wildman–Crippen MR) is 176 cm³/mol. The van der Waals surface area contributed by atoms with E-state index in [2.05, 4.69) is 16.0 Å². The minimum Gasteiger partial charge on any atom is -0.325 e. The molecule has 3 amide bonds. The molecule has 5 rings (SSSR count). The fourth-order valence-electron chi connectivity index (χ4n) is 4.24. The summed E-state index contributed by atoms with van der Waals surface area (Å²) in [5, 5.41) is 10.1. The average molecular weight is 604 g/mol. The van der Waals surface area contributed by atoms with Crippen LogP contribution in [0.15, 0.2) is 137 Å². The molecule has 1 aromatic heterocycles. The number of aryl methyl sites for hydroxylation is 1. The van der Waals surface area contributed by atoms with Crippen molar-refractivity contribution in [3.8, 4) is 0 Å². The molecule has 3 N–H and O–H groups in total. The van der Waals surface area contributed by atoms with Gasteiger partial charge in [-0.25, -0.2) is 0 Å². The third kappa shape index (κ3) is 8.31. The Bertz CT molecular complexity index is 1720. The molecular formula is C35H29N3O3S2. The zero-order valence-electron chi connectivity index (χ0n) is 23.3. The summed E-state index contributed by atoms with van der Waals surface area (Å²) < 4.78 is 0. The van der Waals surface area contributed by atoms with Crippen LogP contribution in [-0.4, -0.2) is 17.7 Å². The zero-order chi connectivity index (χ0) is 30.0. The van der Waals surface area contributed by atoms with Crippen LogP contribution < -0.4 is 16.0 Å². The van der Waals surface area contributed by atoms with Crippen molar-refractivity contribution in [2.45, 2.75) is 17.1 Å². The Kier molecular flexibility index (Phi) is 9.84. The summed E-state index contributed by atoms with van der Waals surface area (Å²) in [6.07, 6.45) is 1.66. The Hall–Kier alpha value is -4.92. The predicted octanol–water partition coefficient (Wildman–Crippen LogP) is 7.94. The van der Waals surface area contributed by atoms with E-state index in [0.29, 0.717) is 11.3 Å². The standard InChI is InChI=1S/C35H29N3O3S2/c1-24-10-8-15-28(22-24)37-35(41)32(25-11-4-2-5-12-25)43-29-19-17-27(18-20-29)36-34(40)31(23-30-16-9-21-42-30)38-33(39)26-13-6-3-7-14-26/h2-23,32H,1H3,(H,36,40)(H,37,41)(H,38,39)/b31-23-. The summed E-state index contributed by atoms with van der Waals surface area (Å²) in [5.41, 5.74) is 3.83. The van der Waals surface area contributed by atoms with Crippen LogP contribution in [0.4, 0.5) is 11.4 Å². The molecule has 6 nitrogen and oxygen atoms in total. The quantitative estimate of drug-likeness (QED) is 0.112. The van der Waals surface area contributed by atoms with Gasteiger partial charge in [-0.3, -0.25) is 14.4 Å². The number of thiophene rings is 1. The van der Waals surface area contributed by atoms with E-state index in [9.17, 15) is 14.4 Å². The number of nitrogens with one attached hydrogen (secondary N) is 3. The van der Waals surface area contributed by atoms with Gasteiger partial charge in [0.2, 0.25) is 5.91 Å². The van der Waals surface area contributed by atoms with Crippen molar-refractivity contribution in [2.75, 3.05) is 10.6 Å². The van der Waals surface area contributed by atoms with E-state index in [4.69, 9.17) is 0 Å². The molecule has 0 aliphatic heterocycles. The van der Waals surface area contributed by atoms with Crippen LogP contribution in [0.25, 0.3) is 6.08 Å². The van der Waals surface area contributed by atoms with Gasteiger partial charge in [0.25, 0.3) is 11.8 Å². The van der Waals surface area contributed by atoms with Gasteiger partial charge in [-0.2, -0.15) is 0 Å². The number of thioether (sulfide) groups is 1. The lowest BCUT2D eigenvalue weighted by Crippen LogP contribution is -2.30. The van der Waals surface area contributed by atoms with E-state index in [0.717, 1.165) is 26.6 Å². The molecule has 0 fully saturated rings. The highest BCUT2D eigenvalue weighted by Gasteiger charge is 2.22. The van der Waals surface area contributed by atoms with Gasteiger partial charge in [0.1, 0.15) is 10.9 Å². The third-order valence-corrected chi connectivity index (χ3v) is 8.44. The van der Waals surface area contributed by atoms with E-state index >= 15 is 0 Å². The molecule has 0 bridgehead atoms. The molecule has 4 aromatic carbocycles. The molecule has 43 heavy (non-hydrogen) atoms. The van der Waals surface area contributed by atoms with Crippen LogP contribution in [0, 0.1) is 6.92 Å². The molecule has 1 atom stereocenters. The van der Waals surface area contributed by atoms with Gasteiger partial charge in [-0.1, -0.05) is 66.7 Å². The maximum Gasteiger partial charge on any atom is 0.272 e. The van der Waals surface area contributed by atoms with Gasteiger partial charge < -0.3 is 16.0 Å². The molecule has 214 valence electrons. The lowest BCUT2D eigenvalue weighted by Gasteiger charge is -2.18. The average Bonchev–Trinajstić information content (AvgIpc) is 3.54. The van der Waals surface area contributed by atoms with Crippen molar-refractivity contribution < 1.29 is 14.4 Å². The number of benzene rings is 4. The monoisotopic (exact) mass is 603 g/mol. The number of hydrogen-bond donors (Lipinski definition) is 3. The molecule has 0 aliphatic carbocycles. The van der Waals surface area contributed by atoms with Crippen LogP contribution in [0.2, 0.25) is 0 Å². The van der Waals surface area contributed by atoms with Crippen molar-refractivity contribution in [3.05, 3.63) is 154 Å². The van der Waals surface area contributed by atoms with Gasteiger partial charge in [-0.15, -0.1) is 23.1 Å². The Morgan fingerprint density at radius 3 is 2.14 bits per heavy atom. The van der Waals surface area contributed by atoms with Crippen molar-refractivity contribution in [1.29, 1.82) is 0 Å². The van der Waals surface area contributed by atoms with E-state index in [-0.39, 0.29) is 17.5 Å². The maximum absolute atomic E-state index is 13.4. The van der Waals surface area contributed by atoms with Crippen LogP contribution in [-0.2, 0) is 9.59 Å². The van der Waals surface area contributed by atoms with Gasteiger partial charge >= 0.3 is 0 Å². The van der Waals surface area contributed by atoms with E-state index < -0.39 is 11.2 Å². The number of anilines is 2. The van der Waals surface area contributed by atoms with Crippen LogP contribution >= 0.6 is 23.1 Å². The first kappa shape index (κ1) is 29.6. The number of amides is 3. The summed E-state index contributed by atoms with van der Waals surface area (Å²) in [6.45, 7) is 1.98. The molecule has 5 aromatic rings. The first-order valence-corrected chi connectivity index (χ1v) is 15.3. The smallest absolute Gasteiger partial charge is 0.272 e. The van der Waals surface area contributed by atoms with Crippen LogP contribution in [0.5, 0.6) is 0 Å². The summed E-state index contributed by atoms with van der Waals surface area (Å²) in [7, 11) is 0. The summed E-state index contributed by atoms with van der Waals surface area (Å²) in [4.78, 5) is 41.2. The topological polar surface area (TPSA) is 87.3 Å². The third-order valence-electron chi connectivity index (χ3n) is 6.35. The first-order chi connectivity index (χ1) is 20.9. The SMILES string of the molecule is Cc1cccc(NC(=O)C(Sc2ccc(NC(=O)/C(=C/c3cccs3)NC(=O)c3ccccc3)cc2)c2ccccc2)c1. The lowest BCUT2D eigenvalue weighted by molar-refractivity contribution is -0.116. The second-order valence-electron chi connectivity index (χ2n) is 9.64. The number of hydrogen-bond acceptors (Lipinski definition) is 5. The molecule has 0 aliphatic rings. The first-order valence-electron chi connectivity index (χ1n) is 13.6. The van der Waals surface area contributed by atoms with Crippen LogP contribution in [0.3, 0.4) is 0 Å². The molecular weight excluding hydrogens is 575 g/mol. The summed E-state index contributed by atoms with van der Waals surface area (Å²) in [6, 6.07) is 37.1. The highest BCUT2D eigenvalue weighted by Crippen LogP contribution is 2.37. The zero-order valence-corrected chi connectivity index (χ0v) is 25.0. The van der Waals surface area contributed by atoms with Gasteiger partial charge in [0, 0.05) is 26.7 Å². The Balaban J connectivity index is 1.30. The maximum atomic E-state index is 13.4.